The van der Waals surface area contributed by atoms with Gasteiger partial charge < -0.3 is 29.5 Å². The molecule has 39 heavy (non-hydrogen) atoms. The molecule has 1 fully saturated rings. The number of amides is 2. The summed E-state index contributed by atoms with van der Waals surface area (Å²) in [5.74, 6) is 0.902. The first kappa shape index (κ1) is 26.6. The predicted molar refractivity (Wildman–Crippen MR) is 150 cm³/mol. The number of nitrogens with one attached hydrogen (secondary N) is 1. The van der Waals surface area contributed by atoms with Gasteiger partial charge in [0.2, 0.25) is 0 Å². The Hall–Kier alpha value is -4.05. The minimum atomic E-state index is -0.317. The molecule has 10 nitrogen and oxygen atoms in total. The normalized spacial score (nSPS) is 15.9. The molecule has 3 aromatic rings. The minimum Gasteiger partial charge on any atom is -0.496 e. The standard InChI is InChI=1S/C29H36N6O4/c1-20-6-7-21(16-26(20)38-3)29(37)34-10-5-11-35-23(19-34)17-25(31-35)28(36)30-24-9-8-22(18-27(24)39-4)33-14-12-32(2)13-15-33/h6-9,16-18H,5,10-15,19H2,1-4H3,(H,30,36). The van der Waals surface area contributed by atoms with Crippen molar-refractivity contribution in [3.8, 4) is 11.5 Å². The molecule has 0 aliphatic carbocycles. The van der Waals surface area contributed by atoms with E-state index in [1.807, 2.05) is 41.9 Å². The van der Waals surface area contributed by atoms with Crippen molar-refractivity contribution < 1.29 is 19.1 Å². The molecule has 206 valence electrons. The number of fused-ring (bicyclic) bond motifs is 1. The molecule has 2 aromatic carbocycles. The summed E-state index contributed by atoms with van der Waals surface area (Å²) in [5.41, 5.74) is 4.35. The van der Waals surface area contributed by atoms with Gasteiger partial charge in [-0.1, -0.05) is 6.07 Å². The molecule has 10 heteroatoms. The van der Waals surface area contributed by atoms with Crippen molar-refractivity contribution in [3.63, 3.8) is 0 Å². The van der Waals surface area contributed by atoms with Gasteiger partial charge in [0.05, 0.1) is 32.1 Å². The van der Waals surface area contributed by atoms with Crippen LogP contribution in [0.1, 0.15) is 38.5 Å². The van der Waals surface area contributed by atoms with E-state index in [1.165, 1.54) is 0 Å². The summed E-state index contributed by atoms with van der Waals surface area (Å²) in [6.45, 7) is 7.47. The molecular formula is C29H36N6O4. The number of aromatic nitrogens is 2. The molecule has 1 aromatic heterocycles. The third-order valence-corrected chi connectivity index (χ3v) is 7.49. The lowest BCUT2D eigenvalue weighted by molar-refractivity contribution is 0.0745. The minimum absolute atomic E-state index is 0.0703. The number of benzene rings is 2. The van der Waals surface area contributed by atoms with Gasteiger partial charge in [0, 0.05) is 56.6 Å². The van der Waals surface area contributed by atoms with Crippen LogP contribution in [0.3, 0.4) is 0 Å². The van der Waals surface area contributed by atoms with Gasteiger partial charge in [-0.05, 0) is 56.3 Å². The van der Waals surface area contributed by atoms with Crippen LogP contribution in [0.5, 0.6) is 11.5 Å². The molecule has 2 aliphatic rings. The summed E-state index contributed by atoms with van der Waals surface area (Å²) in [7, 11) is 5.33. The molecule has 0 radical (unpaired) electrons. The van der Waals surface area contributed by atoms with Gasteiger partial charge in [0.25, 0.3) is 11.8 Å². The van der Waals surface area contributed by atoms with Crippen LogP contribution in [-0.4, -0.2) is 85.4 Å². The van der Waals surface area contributed by atoms with Crippen LogP contribution in [-0.2, 0) is 13.1 Å². The molecule has 1 saturated heterocycles. The highest BCUT2D eigenvalue weighted by Crippen LogP contribution is 2.31. The van der Waals surface area contributed by atoms with Crippen molar-refractivity contribution >= 4 is 23.2 Å². The van der Waals surface area contributed by atoms with E-state index in [9.17, 15) is 9.59 Å². The van der Waals surface area contributed by atoms with E-state index in [0.717, 1.165) is 49.5 Å². The molecule has 0 saturated carbocycles. The van der Waals surface area contributed by atoms with Gasteiger partial charge in [-0.3, -0.25) is 14.3 Å². The summed E-state index contributed by atoms with van der Waals surface area (Å²) >= 11 is 0. The fourth-order valence-electron chi connectivity index (χ4n) is 5.11. The molecule has 0 unspecified atom stereocenters. The highest BCUT2D eigenvalue weighted by Gasteiger charge is 2.24. The SMILES string of the molecule is COc1cc(C(=O)N2CCCn3nc(C(=O)Nc4ccc(N5CCN(C)CC5)cc4OC)cc3C2)ccc1C. The Bertz CT molecular complexity index is 1360. The van der Waals surface area contributed by atoms with Crippen LogP contribution in [0.4, 0.5) is 11.4 Å². The summed E-state index contributed by atoms with van der Waals surface area (Å²) < 4.78 is 12.8. The number of carbonyl (C=O) groups is 2. The van der Waals surface area contributed by atoms with Crippen LogP contribution in [0.2, 0.25) is 0 Å². The molecule has 0 atom stereocenters. The lowest BCUT2D eigenvalue weighted by Crippen LogP contribution is -2.44. The third kappa shape index (κ3) is 5.70. The van der Waals surface area contributed by atoms with Crippen molar-refractivity contribution in [1.29, 1.82) is 0 Å². The predicted octanol–water partition coefficient (Wildman–Crippen LogP) is 3.26. The van der Waals surface area contributed by atoms with Gasteiger partial charge in [-0.25, -0.2) is 0 Å². The number of piperazine rings is 1. The van der Waals surface area contributed by atoms with E-state index in [0.29, 0.717) is 48.1 Å². The lowest BCUT2D eigenvalue weighted by Gasteiger charge is -2.34. The Morgan fingerprint density at radius 2 is 1.67 bits per heavy atom. The average molecular weight is 533 g/mol. The van der Waals surface area contributed by atoms with Gasteiger partial charge in [0.15, 0.2) is 5.69 Å². The third-order valence-electron chi connectivity index (χ3n) is 7.49. The number of ether oxygens (including phenoxy) is 2. The number of likely N-dealkylation sites (N-methyl/N-ethyl adjacent to an activating group) is 1. The maximum Gasteiger partial charge on any atom is 0.276 e. The number of nitrogens with zero attached hydrogens (tertiary/aromatic N) is 5. The molecule has 0 bridgehead atoms. The zero-order valence-corrected chi connectivity index (χ0v) is 23.1. The second kappa shape index (κ2) is 11.4. The van der Waals surface area contributed by atoms with Gasteiger partial charge in [-0.15, -0.1) is 0 Å². The zero-order valence-electron chi connectivity index (χ0n) is 23.1. The highest BCUT2D eigenvalue weighted by molar-refractivity contribution is 6.04. The zero-order chi connectivity index (χ0) is 27.5. The van der Waals surface area contributed by atoms with E-state index in [2.05, 4.69) is 27.3 Å². The first-order valence-electron chi connectivity index (χ1n) is 13.3. The van der Waals surface area contributed by atoms with Gasteiger partial charge in [0.1, 0.15) is 11.5 Å². The highest BCUT2D eigenvalue weighted by atomic mass is 16.5. The van der Waals surface area contributed by atoms with Crippen LogP contribution < -0.4 is 19.7 Å². The summed E-state index contributed by atoms with van der Waals surface area (Å²) in [4.78, 5) is 32.9. The molecule has 2 aliphatic heterocycles. The maximum absolute atomic E-state index is 13.3. The monoisotopic (exact) mass is 532 g/mol. The number of aryl methyl sites for hydroxylation is 2. The first-order chi connectivity index (χ1) is 18.9. The van der Waals surface area contributed by atoms with E-state index in [-0.39, 0.29) is 11.8 Å². The second-order valence-corrected chi connectivity index (χ2v) is 10.1. The summed E-state index contributed by atoms with van der Waals surface area (Å²) in [6.07, 6.45) is 0.742. The molecular weight excluding hydrogens is 496 g/mol. The van der Waals surface area contributed by atoms with E-state index in [1.54, 1.807) is 31.3 Å². The second-order valence-electron chi connectivity index (χ2n) is 10.1. The van der Waals surface area contributed by atoms with Gasteiger partial charge >= 0.3 is 0 Å². The van der Waals surface area contributed by atoms with Crippen LogP contribution in [0.15, 0.2) is 42.5 Å². The van der Waals surface area contributed by atoms with Crippen molar-refractivity contribution in [2.24, 2.45) is 0 Å². The van der Waals surface area contributed by atoms with Gasteiger partial charge in [-0.2, -0.15) is 5.10 Å². The molecule has 0 spiro atoms. The summed E-state index contributed by atoms with van der Waals surface area (Å²) in [5, 5.41) is 7.52. The Kier molecular flexibility index (Phi) is 7.74. The number of carbonyl (C=O) groups excluding carboxylic acids is 2. The smallest absolute Gasteiger partial charge is 0.276 e. The van der Waals surface area contributed by atoms with E-state index >= 15 is 0 Å². The molecule has 1 N–H and O–H groups in total. The van der Waals surface area contributed by atoms with Crippen LogP contribution in [0, 0.1) is 6.92 Å². The quantitative estimate of drug-likeness (QED) is 0.521. The Balaban J connectivity index is 1.29. The fourth-order valence-corrected chi connectivity index (χ4v) is 5.11. The Labute approximate surface area is 229 Å². The molecule has 3 heterocycles. The molecule has 2 amide bonds. The van der Waals surface area contributed by atoms with Crippen molar-refractivity contribution in [1.82, 2.24) is 19.6 Å². The number of hydrogen-bond acceptors (Lipinski definition) is 7. The number of hydrogen-bond donors (Lipinski definition) is 1. The Morgan fingerprint density at radius 3 is 2.41 bits per heavy atom. The van der Waals surface area contributed by atoms with E-state index in [4.69, 9.17) is 9.47 Å². The van der Waals surface area contributed by atoms with Crippen molar-refractivity contribution in [3.05, 3.63) is 65.0 Å². The number of anilines is 2. The van der Waals surface area contributed by atoms with Crippen molar-refractivity contribution in [2.45, 2.75) is 26.4 Å². The number of methoxy groups -OCH3 is 2. The van der Waals surface area contributed by atoms with E-state index < -0.39 is 0 Å². The maximum atomic E-state index is 13.3. The number of rotatable bonds is 6. The van der Waals surface area contributed by atoms with Crippen LogP contribution in [0.25, 0.3) is 0 Å². The molecule has 5 rings (SSSR count). The fraction of sp³-hybridized carbons (Fsp3) is 0.414. The largest absolute Gasteiger partial charge is 0.496 e. The van der Waals surface area contributed by atoms with Crippen molar-refractivity contribution in [2.75, 3.05) is 64.2 Å². The topological polar surface area (TPSA) is 92.2 Å². The summed E-state index contributed by atoms with van der Waals surface area (Å²) in [6, 6.07) is 13.1. The lowest BCUT2D eigenvalue weighted by atomic mass is 10.1. The first-order valence-corrected chi connectivity index (χ1v) is 13.3. The average Bonchev–Trinajstić information content (AvgIpc) is 3.25. The Morgan fingerprint density at radius 1 is 0.897 bits per heavy atom. The van der Waals surface area contributed by atoms with Crippen LogP contribution >= 0.6 is 0 Å².